The Morgan fingerprint density at radius 2 is 1.27 bits per heavy atom. The Morgan fingerprint density at radius 1 is 0.486 bits per heavy atom. The zero-order valence-corrected chi connectivity index (χ0v) is 19.6. The summed E-state index contributed by atoms with van der Waals surface area (Å²) in [5.41, 5.74) is 6.94. The Balaban J connectivity index is 1.38. The van der Waals surface area contributed by atoms with E-state index in [1.165, 1.54) is 10.8 Å². The topological polar surface area (TPSA) is 55.3 Å². The molecule has 5 heteroatoms. The number of rotatable bonds is 3. The second-order valence-electron chi connectivity index (χ2n) is 9.14. The number of anilines is 3. The van der Waals surface area contributed by atoms with Gasteiger partial charge in [-0.25, -0.2) is 4.98 Å². The van der Waals surface area contributed by atoms with Gasteiger partial charge >= 0.3 is 0 Å². The van der Waals surface area contributed by atoms with E-state index in [9.17, 15) is 0 Å². The summed E-state index contributed by atoms with van der Waals surface area (Å²) in [4.78, 5) is 11.2. The molecule has 0 N–H and O–H groups in total. The predicted molar refractivity (Wildman–Crippen MR) is 149 cm³/mol. The molecule has 0 unspecified atom stereocenters. The number of pyridine rings is 2. The molecule has 0 saturated carbocycles. The molecule has 4 aromatic carbocycles. The Morgan fingerprint density at radius 3 is 2.24 bits per heavy atom. The van der Waals surface area contributed by atoms with Gasteiger partial charge in [-0.2, -0.15) is 0 Å². The van der Waals surface area contributed by atoms with Crippen molar-refractivity contribution in [1.29, 1.82) is 0 Å². The van der Waals surface area contributed by atoms with Gasteiger partial charge in [0.2, 0.25) is 5.71 Å². The van der Waals surface area contributed by atoms with Gasteiger partial charge in [-0.05, 0) is 77.5 Å². The number of fused-ring (bicyclic) bond motifs is 7. The highest BCUT2D eigenvalue weighted by Crippen LogP contribution is 2.41. The van der Waals surface area contributed by atoms with Gasteiger partial charge in [0.25, 0.3) is 0 Å². The van der Waals surface area contributed by atoms with Crippen molar-refractivity contribution in [3.8, 4) is 0 Å². The monoisotopic (exact) mass is 477 g/mol. The highest BCUT2D eigenvalue weighted by molar-refractivity contribution is 6.06. The molecule has 0 aliphatic rings. The number of furan rings is 2. The van der Waals surface area contributed by atoms with E-state index in [2.05, 4.69) is 87.7 Å². The smallest absolute Gasteiger partial charge is 0.227 e. The minimum Gasteiger partial charge on any atom is -0.454 e. The van der Waals surface area contributed by atoms with Crippen molar-refractivity contribution < 1.29 is 8.83 Å². The third kappa shape index (κ3) is 3.11. The van der Waals surface area contributed by atoms with Crippen molar-refractivity contribution >= 4 is 72.0 Å². The lowest BCUT2D eigenvalue weighted by Gasteiger charge is -2.26. The van der Waals surface area contributed by atoms with Crippen LogP contribution in [0.25, 0.3) is 54.9 Å². The normalized spacial score (nSPS) is 11.8. The average Bonchev–Trinajstić information content (AvgIpc) is 3.51. The van der Waals surface area contributed by atoms with Crippen molar-refractivity contribution in [2.24, 2.45) is 0 Å². The van der Waals surface area contributed by atoms with Crippen molar-refractivity contribution in [2.75, 3.05) is 4.90 Å². The Kier molecular flexibility index (Phi) is 4.16. The molecule has 5 nitrogen and oxygen atoms in total. The summed E-state index contributed by atoms with van der Waals surface area (Å²) in [6.07, 6.45) is 3.56. The molecule has 0 fully saturated rings. The Bertz CT molecular complexity index is 2120. The first-order valence-electron chi connectivity index (χ1n) is 12.2. The van der Waals surface area contributed by atoms with Crippen molar-refractivity contribution in [2.45, 2.75) is 0 Å². The lowest BCUT2D eigenvalue weighted by molar-refractivity contribution is 0.654. The average molecular weight is 478 g/mol. The van der Waals surface area contributed by atoms with Crippen LogP contribution < -0.4 is 4.90 Å². The number of hydrogen-bond donors (Lipinski definition) is 0. The fourth-order valence-electron chi connectivity index (χ4n) is 5.23. The molecule has 37 heavy (non-hydrogen) atoms. The molecule has 8 rings (SSSR count). The van der Waals surface area contributed by atoms with Gasteiger partial charge in [-0.3, -0.25) is 4.98 Å². The third-order valence-corrected chi connectivity index (χ3v) is 6.95. The zero-order valence-electron chi connectivity index (χ0n) is 19.6. The Hall–Kier alpha value is -5.16. The van der Waals surface area contributed by atoms with E-state index in [-0.39, 0.29) is 0 Å². The standard InChI is InChI=1S/C32H19N3O2/c1-2-6-21-17-22(10-9-20(21)5-1)35(23-12-14-28-27(18-23)31-29(36-28)8-4-15-33-31)24-11-13-25-26-7-3-16-34-32(26)37-30(25)19-24/h1-19H. The first-order valence-corrected chi connectivity index (χ1v) is 12.2. The second kappa shape index (κ2) is 7.67. The molecule has 0 aliphatic heterocycles. The minimum atomic E-state index is 0.643. The number of hydrogen-bond acceptors (Lipinski definition) is 5. The highest BCUT2D eigenvalue weighted by atomic mass is 16.3. The van der Waals surface area contributed by atoms with E-state index in [1.54, 1.807) is 12.4 Å². The van der Waals surface area contributed by atoms with Crippen LogP contribution in [0.4, 0.5) is 17.1 Å². The SMILES string of the molecule is c1ccc2cc(N(c3ccc4c(c3)oc3ncccc34)c3ccc4oc5cccnc5c4c3)ccc2c1. The number of nitrogens with zero attached hydrogens (tertiary/aromatic N) is 3. The molecular formula is C32H19N3O2. The van der Waals surface area contributed by atoms with Crippen molar-refractivity contribution in [1.82, 2.24) is 9.97 Å². The lowest BCUT2D eigenvalue weighted by atomic mass is 10.1. The highest BCUT2D eigenvalue weighted by Gasteiger charge is 2.18. The molecule has 0 atom stereocenters. The first-order chi connectivity index (χ1) is 18.3. The van der Waals surface area contributed by atoms with Gasteiger partial charge in [0.05, 0.1) is 0 Å². The first kappa shape index (κ1) is 20.1. The maximum Gasteiger partial charge on any atom is 0.227 e. The van der Waals surface area contributed by atoms with E-state index in [0.29, 0.717) is 5.71 Å². The van der Waals surface area contributed by atoms with Crippen molar-refractivity contribution in [3.05, 3.63) is 116 Å². The van der Waals surface area contributed by atoms with Crippen LogP contribution in [0.3, 0.4) is 0 Å². The quantitative estimate of drug-likeness (QED) is 0.254. The molecule has 0 bridgehead atoms. The summed E-state index contributed by atoms with van der Waals surface area (Å²) >= 11 is 0. The van der Waals surface area contributed by atoms with Crippen LogP contribution in [0.5, 0.6) is 0 Å². The fraction of sp³-hybridized carbons (Fsp3) is 0. The molecule has 0 spiro atoms. The molecule has 0 amide bonds. The maximum absolute atomic E-state index is 6.14. The summed E-state index contributed by atoms with van der Waals surface area (Å²) in [5.74, 6) is 0. The van der Waals surface area contributed by atoms with E-state index in [0.717, 1.165) is 55.5 Å². The van der Waals surface area contributed by atoms with Crippen LogP contribution in [0, 0.1) is 0 Å². The molecule has 8 aromatic rings. The lowest BCUT2D eigenvalue weighted by Crippen LogP contribution is -2.09. The predicted octanol–water partition coefficient (Wildman–Crippen LogP) is 8.90. The van der Waals surface area contributed by atoms with Crippen molar-refractivity contribution in [3.63, 3.8) is 0 Å². The van der Waals surface area contributed by atoms with E-state index in [1.807, 2.05) is 30.3 Å². The largest absolute Gasteiger partial charge is 0.454 e. The van der Waals surface area contributed by atoms with Gasteiger partial charge in [0.1, 0.15) is 16.7 Å². The molecule has 0 radical (unpaired) electrons. The zero-order chi connectivity index (χ0) is 24.3. The molecule has 174 valence electrons. The van der Waals surface area contributed by atoms with Crippen LogP contribution in [-0.4, -0.2) is 9.97 Å². The van der Waals surface area contributed by atoms with Gasteiger partial charge < -0.3 is 13.7 Å². The molecule has 4 heterocycles. The van der Waals surface area contributed by atoms with Crippen LogP contribution in [-0.2, 0) is 0 Å². The van der Waals surface area contributed by atoms with E-state index >= 15 is 0 Å². The summed E-state index contributed by atoms with van der Waals surface area (Å²) in [7, 11) is 0. The van der Waals surface area contributed by atoms with Gasteiger partial charge in [-0.1, -0.05) is 30.3 Å². The molecule has 0 aliphatic carbocycles. The van der Waals surface area contributed by atoms with Gasteiger partial charge in [0.15, 0.2) is 5.58 Å². The van der Waals surface area contributed by atoms with Gasteiger partial charge in [-0.15, -0.1) is 0 Å². The van der Waals surface area contributed by atoms with Crippen LogP contribution in [0.15, 0.2) is 124 Å². The van der Waals surface area contributed by atoms with E-state index in [4.69, 9.17) is 8.83 Å². The Labute approximate surface area is 211 Å². The van der Waals surface area contributed by atoms with Crippen LogP contribution in [0.2, 0.25) is 0 Å². The summed E-state index contributed by atoms with van der Waals surface area (Å²) in [5, 5.41) is 5.42. The summed E-state index contributed by atoms with van der Waals surface area (Å²) < 4.78 is 12.2. The van der Waals surface area contributed by atoms with Crippen LogP contribution >= 0.6 is 0 Å². The van der Waals surface area contributed by atoms with Gasteiger partial charge in [0, 0.05) is 51.7 Å². The number of benzene rings is 4. The molecule has 0 saturated heterocycles. The summed E-state index contributed by atoms with van der Waals surface area (Å²) in [6.45, 7) is 0. The minimum absolute atomic E-state index is 0.643. The number of aromatic nitrogens is 2. The fourth-order valence-corrected chi connectivity index (χ4v) is 5.23. The van der Waals surface area contributed by atoms with E-state index < -0.39 is 0 Å². The molecule has 4 aromatic heterocycles. The second-order valence-corrected chi connectivity index (χ2v) is 9.14. The maximum atomic E-state index is 6.14. The third-order valence-electron chi connectivity index (χ3n) is 6.95. The summed E-state index contributed by atoms with van der Waals surface area (Å²) in [6, 6.07) is 35.3. The molecular weight excluding hydrogens is 458 g/mol. The van der Waals surface area contributed by atoms with Crippen LogP contribution in [0.1, 0.15) is 0 Å².